The van der Waals surface area contributed by atoms with Gasteiger partial charge in [-0.3, -0.25) is 4.79 Å². The van der Waals surface area contributed by atoms with Crippen LogP contribution in [0.1, 0.15) is 21.5 Å². The highest BCUT2D eigenvalue weighted by atomic mass is 16.5. The first kappa shape index (κ1) is 14.9. The lowest BCUT2D eigenvalue weighted by atomic mass is 10.1. The zero-order valence-corrected chi connectivity index (χ0v) is 12.2. The van der Waals surface area contributed by atoms with E-state index in [0.717, 1.165) is 16.9 Å². The van der Waals surface area contributed by atoms with Gasteiger partial charge in [0.1, 0.15) is 18.1 Å². The Morgan fingerprint density at radius 3 is 2.62 bits per heavy atom. The number of benzene rings is 2. The number of carbonyl (C=O) groups excluding carboxylic acids is 1. The number of ether oxygens (including phenoxy) is 1. The van der Waals surface area contributed by atoms with Crippen molar-refractivity contribution >= 4 is 5.91 Å². The van der Waals surface area contributed by atoms with Gasteiger partial charge in [0.25, 0.3) is 5.91 Å². The van der Waals surface area contributed by atoms with Gasteiger partial charge in [0.05, 0.1) is 12.1 Å². The average Bonchev–Trinajstić information content (AvgIpc) is 2.43. The Kier molecular flexibility index (Phi) is 4.82. The molecule has 2 aromatic rings. The number of hydrogen-bond donors (Lipinski definition) is 2. The molecule has 0 unspecified atom stereocenters. The van der Waals surface area contributed by atoms with Gasteiger partial charge in [-0.1, -0.05) is 18.2 Å². The molecule has 0 bridgehead atoms. The molecule has 4 nitrogen and oxygen atoms in total. The fraction of sp³-hybridized carbons (Fsp3) is 0.235. The standard InChI is InChI=1S/C17H19NO3/c1-12-4-3-5-14(10-12)21-9-8-18-17(20)15-7-6-13(2)11-16(15)19/h3-7,10-11,19H,8-9H2,1-2H3,(H,18,20). The Labute approximate surface area is 124 Å². The molecule has 0 radical (unpaired) electrons. The van der Waals surface area contributed by atoms with Gasteiger partial charge in [-0.15, -0.1) is 0 Å². The third kappa shape index (κ3) is 4.24. The van der Waals surface area contributed by atoms with E-state index in [9.17, 15) is 9.90 Å². The van der Waals surface area contributed by atoms with Crippen molar-refractivity contribution in [1.29, 1.82) is 0 Å². The second kappa shape index (κ2) is 6.79. The highest BCUT2D eigenvalue weighted by Crippen LogP contribution is 2.18. The number of phenolic OH excluding ortho intramolecular Hbond substituents is 1. The van der Waals surface area contributed by atoms with Crippen LogP contribution >= 0.6 is 0 Å². The SMILES string of the molecule is Cc1cccc(OCCNC(=O)c2ccc(C)cc2O)c1. The second-order valence-corrected chi connectivity index (χ2v) is 4.94. The summed E-state index contributed by atoms with van der Waals surface area (Å²) in [4.78, 5) is 11.9. The first-order valence-electron chi connectivity index (χ1n) is 6.83. The quantitative estimate of drug-likeness (QED) is 0.831. The molecule has 0 fully saturated rings. The highest BCUT2D eigenvalue weighted by Gasteiger charge is 2.10. The molecule has 0 spiro atoms. The molecule has 2 rings (SSSR count). The topological polar surface area (TPSA) is 58.6 Å². The molecule has 21 heavy (non-hydrogen) atoms. The summed E-state index contributed by atoms with van der Waals surface area (Å²) in [5, 5.41) is 12.5. The van der Waals surface area contributed by atoms with E-state index in [-0.39, 0.29) is 17.2 Å². The molecule has 4 heteroatoms. The molecule has 2 aromatic carbocycles. The summed E-state index contributed by atoms with van der Waals surface area (Å²) in [5.74, 6) is 0.467. The fourth-order valence-electron chi connectivity index (χ4n) is 1.97. The number of amides is 1. The van der Waals surface area contributed by atoms with Crippen molar-refractivity contribution in [2.24, 2.45) is 0 Å². The van der Waals surface area contributed by atoms with Crippen LogP contribution < -0.4 is 10.1 Å². The van der Waals surface area contributed by atoms with E-state index in [1.165, 1.54) is 0 Å². The van der Waals surface area contributed by atoms with Gasteiger partial charge in [-0.05, 0) is 49.2 Å². The van der Waals surface area contributed by atoms with E-state index in [2.05, 4.69) is 5.32 Å². The fourth-order valence-corrected chi connectivity index (χ4v) is 1.97. The molecule has 0 aromatic heterocycles. The minimum atomic E-state index is -0.305. The summed E-state index contributed by atoms with van der Waals surface area (Å²) < 4.78 is 5.55. The molecule has 1 amide bonds. The zero-order chi connectivity index (χ0) is 15.2. The van der Waals surface area contributed by atoms with Crippen molar-refractivity contribution < 1.29 is 14.6 Å². The van der Waals surface area contributed by atoms with Gasteiger partial charge in [0.2, 0.25) is 0 Å². The summed E-state index contributed by atoms with van der Waals surface area (Å²) >= 11 is 0. The molecule has 0 saturated carbocycles. The zero-order valence-electron chi connectivity index (χ0n) is 12.2. The Hall–Kier alpha value is -2.49. The van der Waals surface area contributed by atoms with Gasteiger partial charge in [-0.2, -0.15) is 0 Å². The van der Waals surface area contributed by atoms with Crippen molar-refractivity contribution in [3.8, 4) is 11.5 Å². The molecular weight excluding hydrogens is 266 g/mol. The van der Waals surface area contributed by atoms with E-state index < -0.39 is 0 Å². The largest absolute Gasteiger partial charge is 0.507 e. The van der Waals surface area contributed by atoms with Gasteiger partial charge >= 0.3 is 0 Å². The third-order valence-corrected chi connectivity index (χ3v) is 3.04. The molecule has 0 aliphatic heterocycles. The van der Waals surface area contributed by atoms with Crippen LogP contribution in [0.4, 0.5) is 0 Å². The maximum Gasteiger partial charge on any atom is 0.255 e. The molecular formula is C17H19NO3. The van der Waals surface area contributed by atoms with Crippen LogP contribution in [0.2, 0.25) is 0 Å². The summed E-state index contributed by atoms with van der Waals surface area (Å²) in [6.45, 7) is 4.60. The smallest absolute Gasteiger partial charge is 0.255 e. The first-order valence-corrected chi connectivity index (χ1v) is 6.83. The Morgan fingerprint density at radius 2 is 1.90 bits per heavy atom. The Balaban J connectivity index is 1.82. The van der Waals surface area contributed by atoms with Crippen LogP contribution in [0.15, 0.2) is 42.5 Å². The lowest BCUT2D eigenvalue weighted by Crippen LogP contribution is -2.28. The summed E-state index contributed by atoms with van der Waals surface area (Å²) in [6.07, 6.45) is 0. The third-order valence-electron chi connectivity index (χ3n) is 3.04. The maximum absolute atomic E-state index is 11.9. The minimum Gasteiger partial charge on any atom is -0.507 e. The number of nitrogens with one attached hydrogen (secondary N) is 1. The number of carbonyl (C=O) groups is 1. The second-order valence-electron chi connectivity index (χ2n) is 4.94. The summed E-state index contributed by atoms with van der Waals surface area (Å²) in [5.41, 5.74) is 2.31. The monoisotopic (exact) mass is 285 g/mol. The van der Waals surface area contributed by atoms with Crippen molar-refractivity contribution in [3.63, 3.8) is 0 Å². The lowest BCUT2D eigenvalue weighted by molar-refractivity contribution is 0.0944. The normalized spacial score (nSPS) is 10.2. The van der Waals surface area contributed by atoms with Crippen LogP contribution in [0.5, 0.6) is 11.5 Å². The molecule has 2 N–H and O–H groups in total. The van der Waals surface area contributed by atoms with Gasteiger partial charge < -0.3 is 15.2 Å². The van der Waals surface area contributed by atoms with E-state index in [0.29, 0.717) is 13.2 Å². The van der Waals surface area contributed by atoms with Crippen LogP contribution in [-0.2, 0) is 0 Å². The van der Waals surface area contributed by atoms with Crippen LogP contribution in [0.25, 0.3) is 0 Å². The molecule has 0 saturated heterocycles. The number of hydrogen-bond acceptors (Lipinski definition) is 3. The average molecular weight is 285 g/mol. The van der Waals surface area contributed by atoms with Crippen LogP contribution in [0.3, 0.4) is 0 Å². The van der Waals surface area contributed by atoms with Crippen LogP contribution in [0, 0.1) is 13.8 Å². The number of aromatic hydroxyl groups is 1. The van der Waals surface area contributed by atoms with E-state index in [1.54, 1.807) is 18.2 Å². The van der Waals surface area contributed by atoms with Gasteiger partial charge in [-0.25, -0.2) is 0 Å². The van der Waals surface area contributed by atoms with E-state index in [4.69, 9.17) is 4.74 Å². The van der Waals surface area contributed by atoms with Gasteiger partial charge in [0, 0.05) is 0 Å². The Bertz CT molecular complexity index is 638. The predicted octanol–water partition coefficient (Wildman–Crippen LogP) is 2.82. The number of aryl methyl sites for hydroxylation is 2. The van der Waals surface area contributed by atoms with Crippen molar-refractivity contribution in [1.82, 2.24) is 5.32 Å². The molecule has 0 aliphatic carbocycles. The van der Waals surface area contributed by atoms with Crippen molar-refractivity contribution in [2.75, 3.05) is 13.2 Å². The molecule has 0 heterocycles. The van der Waals surface area contributed by atoms with E-state index >= 15 is 0 Å². The van der Waals surface area contributed by atoms with E-state index in [1.807, 2.05) is 38.1 Å². The summed E-state index contributed by atoms with van der Waals surface area (Å²) in [6, 6.07) is 12.7. The van der Waals surface area contributed by atoms with Crippen molar-refractivity contribution in [3.05, 3.63) is 59.2 Å². The molecule has 0 atom stereocenters. The number of rotatable bonds is 5. The van der Waals surface area contributed by atoms with Gasteiger partial charge in [0.15, 0.2) is 0 Å². The molecule has 110 valence electrons. The highest BCUT2D eigenvalue weighted by molar-refractivity contribution is 5.96. The predicted molar refractivity (Wildman–Crippen MR) is 81.9 cm³/mol. The maximum atomic E-state index is 11.9. The lowest BCUT2D eigenvalue weighted by Gasteiger charge is -2.09. The number of phenols is 1. The molecule has 0 aliphatic rings. The minimum absolute atomic E-state index is 0.00731. The Morgan fingerprint density at radius 1 is 1.14 bits per heavy atom. The van der Waals surface area contributed by atoms with Crippen molar-refractivity contribution in [2.45, 2.75) is 13.8 Å². The first-order chi connectivity index (χ1) is 10.1. The van der Waals surface area contributed by atoms with Crippen LogP contribution in [-0.4, -0.2) is 24.2 Å². The summed E-state index contributed by atoms with van der Waals surface area (Å²) in [7, 11) is 0.